The molecule has 0 atom stereocenters. The molecule has 0 aromatic rings. The van der Waals surface area contributed by atoms with Gasteiger partial charge in [-0.2, -0.15) is 0 Å². The van der Waals surface area contributed by atoms with Gasteiger partial charge in [-0.15, -0.1) is 24.0 Å². The number of halogens is 1. The van der Waals surface area contributed by atoms with Gasteiger partial charge in [0.1, 0.15) is 0 Å². The Kier molecular flexibility index (Phi) is 8.94. The van der Waals surface area contributed by atoms with Gasteiger partial charge in [-0.05, 0) is 32.6 Å². The van der Waals surface area contributed by atoms with Crippen LogP contribution in [0.5, 0.6) is 0 Å². The fraction of sp³-hybridized carbons (Fsp3) is 0.917. The summed E-state index contributed by atoms with van der Waals surface area (Å²) < 4.78 is 0. The highest BCUT2D eigenvalue weighted by Crippen LogP contribution is 2.31. The fourth-order valence-corrected chi connectivity index (χ4v) is 1.69. The third-order valence-electron chi connectivity index (χ3n) is 2.98. The molecule has 0 aromatic heterocycles. The molecule has 0 saturated heterocycles. The minimum atomic E-state index is -0.521. The van der Waals surface area contributed by atoms with Crippen LogP contribution in [-0.4, -0.2) is 36.3 Å². The average Bonchev–Trinajstić information content (AvgIpc) is 2.23. The lowest BCUT2D eigenvalue weighted by atomic mass is 9.80. The molecule has 4 nitrogen and oxygen atoms in total. The van der Waals surface area contributed by atoms with Crippen molar-refractivity contribution < 1.29 is 5.11 Å². The summed E-state index contributed by atoms with van der Waals surface area (Å²) in [7, 11) is 0. The molecule has 102 valence electrons. The van der Waals surface area contributed by atoms with E-state index < -0.39 is 5.60 Å². The average molecular weight is 355 g/mol. The highest BCUT2D eigenvalue weighted by atomic mass is 127. The first kappa shape index (κ1) is 17.0. The van der Waals surface area contributed by atoms with Crippen LogP contribution in [0.15, 0.2) is 4.99 Å². The first-order valence-corrected chi connectivity index (χ1v) is 6.45. The van der Waals surface area contributed by atoms with Gasteiger partial charge in [0.05, 0.1) is 12.1 Å². The molecule has 0 aliphatic heterocycles. The second kappa shape index (κ2) is 8.97. The summed E-state index contributed by atoms with van der Waals surface area (Å²) in [5.41, 5.74) is -0.521. The fourth-order valence-electron chi connectivity index (χ4n) is 1.69. The van der Waals surface area contributed by atoms with Crippen LogP contribution in [0.25, 0.3) is 0 Å². The van der Waals surface area contributed by atoms with E-state index in [-0.39, 0.29) is 24.0 Å². The number of aliphatic hydroxyl groups is 1. The van der Waals surface area contributed by atoms with Crippen LogP contribution in [0.4, 0.5) is 0 Å². The number of unbranched alkanes of at least 4 members (excludes halogenated alkanes) is 1. The van der Waals surface area contributed by atoms with Crippen LogP contribution in [0.3, 0.4) is 0 Å². The van der Waals surface area contributed by atoms with Gasteiger partial charge in [0.15, 0.2) is 5.96 Å². The lowest BCUT2D eigenvalue weighted by Crippen LogP contribution is -2.43. The standard InChI is InChI=1S/C12H25N3O.HI/c1-3-5-9-14-11(13-4-2)15-10-12(16)7-6-8-12;/h16H,3-10H2,1-2H3,(H2,13,14,15);1H. The van der Waals surface area contributed by atoms with Crippen LogP contribution in [-0.2, 0) is 0 Å². The zero-order chi connectivity index (χ0) is 11.9. The van der Waals surface area contributed by atoms with Gasteiger partial charge in [-0.1, -0.05) is 13.3 Å². The topological polar surface area (TPSA) is 56.7 Å². The van der Waals surface area contributed by atoms with Gasteiger partial charge in [-0.3, -0.25) is 4.99 Å². The molecule has 1 rings (SSSR count). The maximum atomic E-state index is 9.94. The van der Waals surface area contributed by atoms with E-state index in [4.69, 9.17) is 0 Å². The second-order valence-electron chi connectivity index (χ2n) is 4.55. The molecule has 0 radical (unpaired) electrons. The van der Waals surface area contributed by atoms with Gasteiger partial charge in [0.25, 0.3) is 0 Å². The highest BCUT2D eigenvalue weighted by Gasteiger charge is 2.34. The lowest BCUT2D eigenvalue weighted by Gasteiger charge is -2.35. The Morgan fingerprint density at radius 2 is 2.00 bits per heavy atom. The van der Waals surface area contributed by atoms with Crippen LogP contribution in [0, 0.1) is 0 Å². The molecule has 17 heavy (non-hydrogen) atoms. The van der Waals surface area contributed by atoms with Crippen LogP contribution in [0.2, 0.25) is 0 Å². The van der Waals surface area contributed by atoms with E-state index >= 15 is 0 Å². The van der Waals surface area contributed by atoms with Crippen molar-refractivity contribution >= 4 is 29.9 Å². The van der Waals surface area contributed by atoms with Crippen molar-refractivity contribution in [3.8, 4) is 0 Å². The van der Waals surface area contributed by atoms with E-state index in [1.54, 1.807) is 0 Å². The van der Waals surface area contributed by atoms with Gasteiger partial charge >= 0.3 is 0 Å². The van der Waals surface area contributed by atoms with Crippen molar-refractivity contribution in [2.24, 2.45) is 4.99 Å². The van der Waals surface area contributed by atoms with E-state index in [1.807, 2.05) is 0 Å². The molecule has 0 aromatic carbocycles. The van der Waals surface area contributed by atoms with Gasteiger partial charge in [-0.25, -0.2) is 0 Å². The summed E-state index contributed by atoms with van der Waals surface area (Å²) in [4.78, 5) is 4.42. The van der Waals surface area contributed by atoms with Crippen LogP contribution >= 0.6 is 24.0 Å². The van der Waals surface area contributed by atoms with E-state index in [0.29, 0.717) is 6.54 Å². The number of nitrogens with one attached hydrogen (secondary N) is 2. The number of hydrogen-bond donors (Lipinski definition) is 3. The van der Waals surface area contributed by atoms with Crippen molar-refractivity contribution in [1.29, 1.82) is 0 Å². The molecule has 1 aliphatic carbocycles. The number of rotatable bonds is 6. The zero-order valence-corrected chi connectivity index (χ0v) is 13.3. The van der Waals surface area contributed by atoms with E-state index in [0.717, 1.165) is 44.7 Å². The third-order valence-corrected chi connectivity index (χ3v) is 2.98. The Morgan fingerprint density at radius 1 is 1.29 bits per heavy atom. The summed E-state index contributed by atoms with van der Waals surface area (Å²) >= 11 is 0. The quantitative estimate of drug-likeness (QED) is 0.295. The number of guanidine groups is 1. The lowest BCUT2D eigenvalue weighted by molar-refractivity contribution is -0.0236. The SMILES string of the molecule is CCCCNC(=NCC1(O)CCC1)NCC.I. The van der Waals surface area contributed by atoms with Crippen molar-refractivity contribution in [2.45, 2.75) is 51.6 Å². The Bertz CT molecular complexity index is 230. The summed E-state index contributed by atoms with van der Waals surface area (Å²) in [6, 6.07) is 0. The number of nitrogens with zero attached hydrogens (tertiary/aromatic N) is 1. The summed E-state index contributed by atoms with van der Waals surface area (Å²) in [6.45, 7) is 6.55. The molecule has 1 saturated carbocycles. The van der Waals surface area contributed by atoms with E-state index in [9.17, 15) is 5.11 Å². The third kappa shape index (κ3) is 6.45. The summed E-state index contributed by atoms with van der Waals surface area (Å²) in [5.74, 6) is 0.830. The Hall–Kier alpha value is -0.0400. The van der Waals surface area contributed by atoms with Gasteiger partial charge in [0, 0.05) is 13.1 Å². The molecule has 3 N–H and O–H groups in total. The molecule has 0 unspecified atom stereocenters. The van der Waals surface area contributed by atoms with Crippen molar-refractivity contribution in [3.05, 3.63) is 0 Å². The van der Waals surface area contributed by atoms with Crippen LogP contribution < -0.4 is 10.6 Å². The van der Waals surface area contributed by atoms with Crippen molar-refractivity contribution in [1.82, 2.24) is 10.6 Å². The smallest absolute Gasteiger partial charge is 0.191 e. The van der Waals surface area contributed by atoms with Crippen LogP contribution in [0.1, 0.15) is 46.0 Å². The Labute approximate surface area is 122 Å². The largest absolute Gasteiger partial charge is 0.388 e. The molecule has 5 heteroatoms. The second-order valence-corrected chi connectivity index (χ2v) is 4.55. The first-order valence-electron chi connectivity index (χ1n) is 6.45. The molecular formula is C12H26IN3O. The van der Waals surface area contributed by atoms with Gasteiger partial charge in [0.2, 0.25) is 0 Å². The molecule has 0 bridgehead atoms. The predicted molar refractivity (Wildman–Crippen MR) is 83.1 cm³/mol. The first-order chi connectivity index (χ1) is 7.70. The zero-order valence-electron chi connectivity index (χ0n) is 11.0. The van der Waals surface area contributed by atoms with E-state index in [1.165, 1.54) is 6.42 Å². The maximum absolute atomic E-state index is 9.94. The number of aliphatic imine (C=N–C) groups is 1. The highest BCUT2D eigenvalue weighted by molar-refractivity contribution is 14.0. The van der Waals surface area contributed by atoms with Gasteiger partial charge < -0.3 is 15.7 Å². The molecular weight excluding hydrogens is 329 g/mol. The van der Waals surface area contributed by atoms with Crippen molar-refractivity contribution in [3.63, 3.8) is 0 Å². The number of hydrogen-bond acceptors (Lipinski definition) is 2. The molecule has 1 aliphatic rings. The predicted octanol–water partition coefficient (Wildman–Crippen LogP) is 1.87. The minimum Gasteiger partial charge on any atom is -0.388 e. The molecule has 0 heterocycles. The monoisotopic (exact) mass is 355 g/mol. The summed E-state index contributed by atoms with van der Waals surface area (Å²) in [6.07, 6.45) is 5.24. The normalized spacial score (nSPS) is 17.9. The maximum Gasteiger partial charge on any atom is 0.191 e. The Morgan fingerprint density at radius 3 is 2.47 bits per heavy atom. The molecule has 0 amide bonds. The Balaban J connectivity index is 0.00000256. The summed E-state index contributed by atoms with van der Waals surface area (Å²) in [5, 5.41) is 16.4. The molecule has 1 fully saturated rings. The van der Waals surface area contributed by atoms with Crippen molar-refractivity contribution in [2.75, 3.05) is 19.6 Å². The molecule has 0 spiro atoms. The minimum absolute atomic E-state index is 0. The van der Waals surface area contributed by atoms with E-state index in [2.05, 4.69) is 29.5 Å².